The van der Waals surface area contributed by atoms with Gasteiger partial charge >= 0.3 is 0 Å². The molecule has 3 rings (SSSR count). The first-order valence-electron chi connectivity index (χ1n) is 8.72. The lowest BCUT2D eigenvalue weighted by atomic mass is 9.92. The molecule has 0 saturated heterocycles. The molecule has 27 heavy (non-hydrogen) atoms. The summed E-state index contributed by atoms with van der Waals surface area (Å²) in [6.07, 6.45) is 1.56. The van der Waals surface area contributed by atoms with E-state index in [1.165, 1.54) is 10.7 Å². The Bertz CT molecular complexity index is 1040. The number of carbonyl (C=O) groups excluding carboxylic acids is 1. The van der Waals surface area contributed by atoms with Crippen LogP contribution in [-0.4, -0.2) is 22.7 Å². The molecule has 0 aliphatic carbocycles. The highest BCUT2D eigenvalue weighted by atomic mass is 16.5. The second-order valence-electron chi connectivity index (χ2n) is 6.65. The third kappa shape index (κ3) is 3.82. The van der Waals surface area contributed by atoms with Gasteiger partial charge in [-0.3, -0.25) is 9.59 Å². The van der Waals surface area contributed by atoms with Crippen molar-refractivity contribution >= 4 is 5.78 Å². The van der Waals surface area contributed by atoms with Gasteiger partial charge in [0.25, 0.3) is 5.56 Å². The zero-order valence-corrected chi connectivity index (χ0v) is 15.9. The van der Waals surface area contributed by atoms with E-state index in [9.17, 15) is 9.59 Å². The van der Waals surface area contributed by atoms with Gasteiger partial charge in [-0.1, -0.05) is 17.7 Å². The molecule has 0 fully saturated rings. The van der Waals surface area contributed by atoms with Crippen LogP contribution in [0.1, 0.15) is 38.2 Å². The molecule has 0 bridgehead atoms. The summed E-state index contributed by atoms with van der Waals surface area (Å²) in [7, 11) is 1.57. The zero-order valence-electron chi connectivity index (χ0n) is 15.9. The summed E-state index contributed by atoms with van der Waals surface area (Å²) in [4.78, 5) is 25.1. The minimum atomic E-state index is -0.207. The zero-order chi connectivity index (χ0) is 19.6. The molecule has 0 atom stereocenters. The van der Waals surface area contributed by atoms with Gasteiger partial charge in [-0.05, 0) is 56.2 Å². The fourth-order valence-corrected chi connectivity index (χ4v) is 3.39. The fraction of sp³-hybridized carbons (Fsp3) is 0.227. The first kappa shape index (κ1) is 18.6. The third-order valence-corrected chi connectivity index (χ3v) is 4.55. The summed E-state index contributed by atoms with van der Waals surface area (Å²) in [5.74, 6) is 0.573. The number of aromatic nitrogens is 2. The van der Waals surface area contributed by atoms with E-state index in [4.69, 9.17) is 4.74 Å². The number of ether oxygens (including phenoxy) is 1. The molecule has 1 heterocycles. The maximum atomic E-state index is 13.1. The summed E-state index contributed by atoms with van der Waals surface area (Å²) in [6.45, 7) is 6.15. The van der Waals surface area contributed by atoms with E-state index in [0.717, 1.165) is 22.3 Å². The lowest BCUT2D eigenvalue weighted by Crippen LogP contribution is -2.22. The van der Waals surface area contributed by atoms with Crippen molar-refractivity contribution in [3.05, 3.63) is 92.4 Å². The number of methoxy groups -OCH3 is 1. The van der Waals surface area contributed by atoms with Crippen molar-refractivity contribution in [3.8, 4) is 5.75 Å². The van der Waals surface area contributed by atoms with Gasteiger partial charge in [0.05, 0.1) is 13.7 Å². The number of hydrogen-bond acceptors (Lipinski definition) is 4. The average molecular weight is 362 g/mol. The Morgan fingerprint density at radius 2 is 1.78 bits per heavy atom. The highest BCUT2D eigenvalue weighted by Gasteiger charge is 2.17. The van der Waals surface area contributed by atoms with Crippen LogP contribution in [0.4, 0.5) is 0 Å². The molecule has 5 nitrogen and oxygen atoms in total. The lowest BCUT2D eigenvalue weighted by molar-refractivity contribution is 0.103. The van der Waals surface area contributed by atoms with Crippen molar-refractivity contribution in [1.29, 1.82) is 0 Å². The SMILES string of the molecule is COc1ccc(C(=O)c2c(C)cc(C)cc2C)cc1Cn1ncccc1=O. The van der Waals surface area contributed by atoms with Crippen LogP contribution in [0.5, 0.6) is 5.75 Å². The van der Waals surface area contributed by atoms with Gasteiger partial charge in [0, 0.05) is 29.0 Å². The topological polar surface area (TPSA) is 61.2 Å². The number of aryl methyl sites for hydroxylation is 3. The molecule has 0 aliphatic heterocycles. The molecule has 1 aromatic heterocycles. The van der Waals surface area contributed by atoms with Crippen LogP contribution in [0.2, 0.25) is 0 Å². The van der Waals surface area contributed by atoms with Crippen LogP contribution in [-0.2, 0) is 6.54 Å². The van der Waals surface area contributed by atoms with Crippen LogP contribution in [0, 0.1) is 20.8 Å². The van der Waals surface area contributed by atoms with Crippen molar-refractivity contribution in [1.82, 2.24) is 9.78 Å². The van der Waals surface area contributed by atoms with E-state index >= 15 is 0 Å². The predicted molar refractivity (Wildman–Crippen MR) is 105 cm³/mol. The smallest absolute Gasteiger partial charge is 0.267 e. The molecular formula is C22H22N2O3. The maximum Gasteiger partial charge on any atom is 0.267 e. The Balaban J connectivity index is 2.04. The number of ketones is 1. The van der Waals surface area contributed by atoms with E-state index in [1.807, 2.05) is 32.9 Å². The van der Waals surface area contributed by atoms with Crippen LogP contribution in [0.15, 0.2) is 53.5 Å². The minimum Gasteiger partial charge on any atom is -0.496 e. The molecule has 0 amide bonds. The van der Waals surface area contributed by atoms with Gasteiger partial charge in [-0.2, -0.15) is 5.10 Å². The Kier molecular flexibility index (Phi) is 5.21. The molecule has 0 radical (unpaired) electrons. The Labute approximate surface area is 158 Å². The summed E-state index contributed by atoms with van der Waals surface area (Å²) in [6, 6.07) is 12.4. The molecule has 0 unspecified atom stereocenters. The van der Waals surface area contributed by atoms with E-state index in [-0.39, 0.29) is 17.9 Å². The number of benzene rings is 2. The lowest BCUT2D eigenvalue weighted by Gasteiger charge is -2.14. The van der Waals surface area contributed by atoms with E-state index < -0.39 is 0 Å². The third-order valence-electron chi connectivity index (χ3n) is 4.55. The number of rotatable bonds is 5. The van der Waals surface area contributed by atoms with Gasteiger partial charge in [-0.15, -0.1) is 0 Å². The molecule has 0 saturated carbocycles. The number of hydrogen-bond donors (Lipinski definition) is 0. The van der Waals surface area contributed by atoms with E-state index in [2.05, 4.69) is 5.10 Å². The highest BCUT2D eigenvalue weighted by molar-refractivity contribution is 6.11. The van der Waals surface area contributed by atoms with Gasteiger partial charge in [0.15, 0.2) is 5.78 Å². The van der Waals surface area contributed by atoms with Gasteiger partial charge in [-0.25, -0.2) is 4.68 Å². The Hall–Kier alpha value is -3.21. The Morgan fingerprint density at radius 1 is 1.07 bits per heavy atom. The summed E-state index contributed by atoms with van der Waals surface area (Å²) < 4.78 is 6.75. The molecule has 2 aromatic carbocycles. The van der Waals surface area contributed by atoms with Crippen LogP contribution in [0.3, 0.4) is 0 Å². The highest BCUT2D eigenvalue weighted by Crippen LogP contribution is 2.25. The molecule has 3 aromatic rings. The summed E-state index contributed by atoms with van der Waals surface area (Å²) in [5.41, 5.74) is 4.84. The van der Waals surface area contributed by atoms with Crippen molar-refractivity contribution in [3.63, 3.8) is 0 Å². The van der Waals surface area contributed by atoms with Crippen LogP contribution >= 0.6 is 0 Å². The van der Waals surface area contributed by atoms with Crippen molar-refractivity contribution < 1.29 is 9.53 Å². The molecule has 5 heteroatoms. The second kappa shape index (κ2) is 7.58. The van der Waals surface area contributed by atoms with E-state index in [1.54, 1.807) is 37.6 Å². The standard InChI is InChI=1S/C22H22N2O3/c1-14-10-15(2)21(16(3)11-14)22(26)17-7-8-19(27-4)18(12-17)13-24-20(25)6-5-9-23-24/h5-12H,13H2,1-4H3. The Morgan fingerprint density at radius 3 is 2.41 bits per heavy atom. The summed E-state index contributed by atoms with van der Waals surface area (Å²) >= 11 is 0. The molecule has 138 valence electrons. The first-order chi connectivity index (χ1) is 12.9. The van der Waals surface area contributed by atoms with Crippen LogP contribution in [0.25, 0.3) is 0 Å². The maximum absolute atomic E-state index is 13.1. The molecule has 0 spiro atoms. The molecular weight excluding hydrogens is 340 g/mol. The van der Waals surface area contributed by atoms with E-state index in [0.29, 0.717) is 16.9 Å². The minimum absolute atomic E-state index is 0.0396. The summed E-state index contributed by atoms with van der Waals surface area (Å²) in [5, 5.41) is 4.08. The van der Waals surface area contributed by atoms with Crippen LogP contribution < -0.4 is 10.3 Å². The number of carbonyl (C=O) groups is 1. The molecule has 0 aliphatic rings. The predicted octanol–water partition coefficient (Wildman–Crippen LogP) is 3.46. The normalized spacial score (nSPS) is 10.7. The number of nitrogens with zero attached hydrogens (tertiary/aromatic N) is 2. The van der Waals surface area contributed by atoms with Gasteiger partial charge in [0.1, 0.15) is 5.75 Å². The molecule has 0 N–H and O–H groups in total. The van der Waals surface area contributed by atoms with Crippen molar-refractivity contribution in [2.24, 2.45) is 0 Å². The average Bonchev–Trinajstić information content (AvgIpc) is 2.62. The van der Waals surface area contributed by atoms with Crippen molar-refractivity contribution in [2.45, 2.75) is 27.3 Å². The van der Waals surface area contributed by atoms with Gasteiger partial charge < -0.3 is 4.74 Å². The van der Waals surface area contributed by atoms with Crippen molar-refractivity contribution in [2.75, 3.05) is 7.11 Å². The first-order valence-corrected chi connectivity index (χ1v) is 8.72. The monoisotopic (exact) mass is 362 g/mol. The van der Waals surface area contributed by atoms with Gasteiger partial charge in [0.2, 0.25) is 0 Å². The second-order valence-corrected chi connectivity index (χ2v) is 6.65. The quantitative estimate of drug-likeness (QED) is 0.652. The fourth-order valence-electron chi connectivity index (χ4n) is 3.39. The largest absolute Gasteiger partial charge is 0.496 e.